The minimum absolute atomic E-state index is 0.0583. The van der Waals surface area contributed by atoms with Gasteiger partial charge in [-0.15, -0.1) is 0 Å². The van der Waals surface area contributed by atoms with Crippen LogP contribution in [0.15, 0.2) is 16.6 Å². The number of nitrogen functional groups attached to an aromatic ring is 1. The fraction of sp³-hybridized carbons (Fsp3) is 0.500. The van der Waals surface area contributed by atoms with Crippen molar-refractivity contribution < 1.29 is 9.53 Å². The molecular weight excluding hydrogens is 308 g/mol. The van der Waals surface area contributed by atoms with E-state index in [1.165, 1.54) is 0 Å². The minimum Gasteiger partial charge on any atom is -0.398 e. The van der Waals surface area contributed by atoms with E-state index in [1.807, 2.05) is 19.1 Å². The Kier molecular flexibility index (Phi) is 4.82. The summed E-state index contributed by atoms with van der Waals surface area (Å²) in [4.78, 5) is 12.2. The number of ether oxygens (including phenoxy) is 1. The molecule has 1 aliphatic rings. The van der Waals surface area contributed by atoms with Crippen molar-refractivity contribution in [3.63, 3.8) is 0 Å². The molecule has 0 aromatic heterocycles. The second kappa shape index (κ2) is 6.39. The SMILES string of the molecule is Cc1c(N)cc(Br)cc1C(=O)NCC1CCOCC1. The molecule has 1 fully saturated rings. The number of hydrogen-bond donors (Lipinski definition) is 2. The van der Waals surface area contributed by atoms with Crippen molar-refractivity contribution in [1.82, 2.24) is 5.32 Å². The summed E-state index contributed by atoms with van der Waals surface area (Å²) in [7, 11) is 0. The third-order valence-corrected chi connectivity index (χ3v) is 4.01. The predicted molar refractivity (Wildman–Crippen MR) is 79.2 cm³/mol. The Morgan fingerprint density at radius 2 is 2.16 bits per heavy atom. The standard InChI is InChI=1S/C14H19BrN2O2/c1-9-12(6-11(15)7-13(9)16)14(18)17-8-10-2-4-19-5-3-10/h6-7,10H,2-5,8,16H2,1H3,(H,17,18). The van der Waals surface area contributed by atoms with Crippen LogP contribution in [-0.2, 0) is 4.74 Å². The van der Waals surface area contributed by atoms with E-state index in [4.69, 9.17) is 10.5 Å². The van der Waals surface area contributed by atoms with E-state index in [0.29, 0.717) is 23.7 Å². The number of hydrogen-bond acceptors (Lipinski definition) is 3. The summed E-state index contributed by atoms with van der Waals surface area (Å²) < 4.78 is 6.13. The van der Waals surface area contributed by atoms with E-state index < -0.39 is 0 Å². The van der Waals surface area contributed by atoms with Gasteiger partial charge in [-0.3, -0.25) is 4.79 Å². The molecule has 19 heavy (non-hydrogen) atoms. The molecule has 1 saturated heterocycles. The highest BCUT2D eigenvalue weighted by Crippen LogP contribution is 2.23. The van der Waals surface area contributed by atoms with Gasteiger partial charge in [-0.25, -0.2) is 0 Å². The fourth-order valence-electron chi connectivity index (χ4n) is 2.22. The summed E-state index contributed by atoms with van der Waals surface area (Å²) in [6.45, 7) is 4.16. The Labute approximate surface area is 121 Å². The van der Waals surface area contributed by atoms with Crippen molar-refractivity contribution >= 4 is 27.5 Å². The second-order valence-corrected chi connectivity index (χ2v) is 5.85. The van der Waals surface area contributed by atoms with Gasteiger partial charge in [-0.2, -0.15) is 0 Å². The molecule has 0 aliphatic carbocycles. The molecule has 0 saturated carbocycles. The molecule has 2 rings (SSSR count). The Morgan fingerprint density at radius 1 is 1.47 bits per heavy atom. The third-order valence-electron chi connectivity index (χ3n) is 3.55. The molecule has 3 N–H and O–H groups in total. The lowest BCUT2D eigenvalue weighted by Gasteiger charge is -2.22. The van der Waals surface area contributed by atoms with Gasteiger partial charge in [0.25, 0.3) is 5.91 Å². The van der Waals surface area contributed by atoms with Crippen LogP contribution >= 0.6 is 15.9 Å². The zero-order chi connectivity index (χ0) is 13.8. The van der Waals surface area contributed by atoms with Gasteiger partial charge in [-0.05, 0) is 43.4 Å². The molecule has 1 aromatic rings. The van der Waals surface area contributed by atoms with Crippen molar-refractivity contribution in [2.45, 2.75) is 19.8 Å². The number of carbonyl (C=O) groups is 1. The smallest absolute Gasteiger partial charge is 0.251 e. The van der Waals surface area contributed by atoms with Crippen LogP contribution in [0.5, 0.6) is 0 Å². The van der Waals surface area contributed by atoms with Crippen LogP contribution in [0.3, 0.4) is 0 Å². The lowest BCUT2D eigenvalue weighted by Crippen LogP contribution is -2.32. The first-order valence-corrected chi connectivity index (χ1v) is 7.29. The Bertz CT molecular complexity index is 471. The fourth-order valence-corrected chi connectivity index (χ4v) is 2.69. The van der Waals surface area contributed by atoms with Crippen molar-refractivity contribution in [2.75, 3.05) is 25.5 Å². The number of rotatable bonds is 3. The largest absolute Gasteiger partial charge is 0.398 e. The first-order chi connectivity index (χ1) is 9.08. The number of halogens is 1. The maximum atomic E-state index is 12.2. The van der Waals surface area contributed by atoms with Crippen LogP contribution < -0.4 is 11.1 Å². The zero-order valence-corrected chi connectivity index (χ0v) is 12.6. The zero-order valence-electron chi connectivity index (χ0n) is 11.0. The van der Waals surface area contributed by atoms with Crippen LogP contribution in [-0.4, -0.2) is 25.7 Å². The average Bonchev–Trinajstić information content (AvgIpc) is 2.41. The van der Waals surface area contributed by atoms with Gasteiger partial charge in [0, 0.05) is 35.5 Å². The summed E-state index contributed by atoms with van der Waals surface area (Å²) in [6, 6.07) is 3.62. The molecule has 5 heteroatoms. The van der Waals surface area contributed by atoms with Gasteiger partial charge in [0.05, 0.1) is 0 Å². The molecule has 0 bridgehead atoms. The maximum absolute atomic E-state index is 12.2. The molecule has 104 valence electrons. The Morgan fingerprint density at radius 3 is 2.84 bits per heavy atom. The van der Waals surface area contributed by atoms with Crippen molar-refractivity contribution in [3.05, 3.63) is 27.7 Å². The van der Waals surface area contributed by atoms with Crippen molar-refractivity contribution in [2.24, 2.45) is 5.92 Å². The molecule has 0 atom stereocenters. The van der Waals surface area contributed by atoms with E-state index in [1.54, 1.807) is 0 Å². The molecule has 0 radical (unpaired) electrons. The molecule has 4 nitrogen and oxygen atoms in total. The molecular formula is C14H19BrN2O2. The van der Waals surface area contributed by atoms with Gasteiger partial charge in [0.15, 0.2) is 0 Å². The first kappa shape index (κ1) is 14.3. The summed E-state index contributed by atoms with van der Waals surface area (Å²) in [5.41, 5.74) is 7.97. The molecule has 0 unspecified atom stereocenters. The van der Waals surface area contributed by atoms with Gasteiger partial charge in [-0.1, -0.05) is 15.9 Å². The quantitative estimate of drug-likeness (QED) is 0.839. The van der Waals surface area contributed by atoms with E-state index in [0.717, 1.165) is 36.1 Å². The predicted octanol–water partition coefficient (Wildman–Crippen LogP) is 2.50. The van der Waals surface area contributed by atoms with Crippen LogP contribution in [0.2, 0.25) is 0 Å². The first-order valence-electron chi connectivity index (χ1n) is 6.49. The van der Waals surface area contributed by atoms with Gasteiger partial charge >= 0.3 is 0 Å². The monoisotopic (exact) mass is 326 g/mol. The lowest BCUT2D eigenvalue weighted by molar-refractivity contribution is 0.0642. The number of benzene rings is 1. The topological polar surface area (TPSA) is 64.4 Å². The van der Waals surface area contributed by atoms with Gasteiger partial charge in [0.2, 0.25) is 0 Å². The number of nitrogens with one attached hydrogen (secondary N) is 1. The Hall–Kier alpha value is -1.07. The molecule has 1 aliphatic heterocycles. The van der Waals surface area contributed by atoms with E-state index in [-0.39, 0.29) is 5.91 Å². The van der Waals surface area contributed by atoms with Crippen LogP contribution in [0.1, 0.15) is 28.8 Å². The minimum atomic E-state index is -0.0583. The van der Waals surface area contributed by atoms with E-state index in [2.05, 4.69) is 21.2 Å². The summed E-state index contributed by atoms with van der Waals surface area (Å²) >= 11 is 3.37. The van der Waals surface area contributed by atoms with Gasteiger partial charge in [0.1, 0.15) is 0 Å². The highest BCUT2D eigenvalue weighted by molar-refractivity contribution is 9.10. The Balaban J connectivity index is 1.99. The normalized spacial score (nSPS) is 16.3. The molecule has 0 spiro atoms. The summed E-state index contributed by atoms with van der Waals surface area (Å²) in [5, 5.41) is 2.99. The summed E-state index contributed by atoms with van der Waals surface area (Å²) in [6.07, 6.45) is 2.03. The van der Waals surface area contributed by atoms with Crippen molar-refractivity contribution in [1.29, 1.82) is 0 Å². The maximum Gasteiger partial charge on any atom is 0.251 e. The summed E-state index contributed by atoms with van der Waals surface area (Å²) in [5.74, 6) is 0.458. The van der Waals surface area contributed by atoms with Crippen molar-refractivity contribution in [3.8, 4) is 0 Å². The van der Waals surface area contributed by atoms with E-state index >= 15 is 0 Å². The highest BCUT2D eigenvalue weighted by Gasteiger charge is 2.17. The molecule has 1 amide bonds. The lowest BCUT2D eigenvalue weighted by atomic mass is 10.00. The number of carbonyl (C=O) groups excluding carboxylic acids is 1. The number of nitrogens with two attached hydrogens (primary N) is 1. The average molecular weight is 327 g/mol. The third kappa shape index (κ3) is 3.70. The van der Waals surface area contributed by atoms with Gasteiger partial charge < -0.3 is 15.8 Å². The van der Waals surface area contributed by atoms with Crippen LogP contribution in [0.25, 0.3) is 0 Å². The molecule has 1 aromatic carbocycles. The second-order valence-electron chi connectivity index (χ2n) is 4.93. The highest BCUT2D eigenvalue weighted by atomic mass is 79.9. The van der Waals surface area contributed by atoms with E-state index in [9.17, 15) is 4.79 Å². The van der Waals surface area contributed by atoms with Crippen LogP contribution in [0.4, 0.5) is 5.69 Å². The van der Waals surface area contributed by atoms with Crippen LogP contribution in [0, 0.1) is 12.8 Å². The molecule has 1 heterocycles. The number of amides is 1. The number of anilines is 1.